The Balaban J connectivity index is 1.75. The van der Waals surface area contributed by atoms with Crippen LogP contribution >= 0.6 is 15.9 Å². The quantitative estimate of drug-likeness (QED) is 0.747. The molecule has 18 heavy (non-hydrogen) atoms. The van der Waals surface area contributed by atoms with Crippen molar-refractivity contribution in [1.29, 1.82) is 0 Å². The second-order valence-corrected chi connectivity index (χ2v) is 6.13. The highest BCUT2D eigenvalue weighted by Gasteiger charge is 2.18. The van der Waals surface area contributed by atoms with E-state index >= 15 is 0 Å². The minimum Gasteiger partial charge on any atom is -0.0622 e. The average molecular weight is 301 g/mol. The molecule has 0 N–H and O–H groups in total. The Labute approximate surface area is 117 Å². The predicted octanol–water partition coefficient (Wildman–Crippen LogP) is 4.80. The topological polar surface area (TPSA) is 0 Å². The van der Waals surface area contributed by atoms with Crippen molar-refractivity contribution in [3.8, 4) is 0 Å². The van der Waals surface area contributed by atoms with Crippen molar-refractivity contribution in [1.82, 2.24) is 0 Å². The first-order valence-electron chi connectivity index (χ1n) is 6.62. The van der Waals surface area contributed by atoms with Crippen molar-refractivity contribution in [3.05, 3.63) is 69.7 Å². The lowest BCUT2D eigenvalue weighted by Gasteiger charge is -2.25. The van der Waals surface area contributed by atoms with Crippen molar-refractivity contribution >= 4 is 15.9 Å². The lowest BCUT2D eigenvalue weighted by Crippen LogP contribution is -2.16. The Kier molecular flexibility index (Phi) is 3.51. The second-order valence-electron chi connectivity index (χ2n) is 5.21. The number of benzene rings is 2. The van der Waals surface area contributed by atoms with Crippen LogP contribution in [0.5, 0.6) is 0 Å². The summed E-state index contributed by atoms with van der Waals surface area (Å²) in [6, 6.07) is 17.6. The third kappa shape index (κ3) is 2.67. The molecule has 0 aliphatic heterocycles. The zero-order chi connectivity index (χ0) is 12.4. The van der Waals surface area contributed by atoms with Crippen molar-refractivity contribution in [3.63, 3.8) is 0 Å². The van der Waals surface area contributed by atoms with Gasteiger partial charge >= 0.3 is 0 Å². The maximum atomic E-state index is 3.58. The van der Waals surface area contributed by atoms with E-state index in [0.29, 0.717) is 0 Å². The van der Waals surface area contributed by atoms with Crippen LogP contribution < -0.4 is 0 Å². The molecule has 1 aliphatic rings. The lowest BCUT2D eigenvalue weighted by molar-refractivity contribution is 0.456. The molecule has 1 heteroatoms. The van der Waals surface area contributed by atoms with Gasteiger partial charge in [-0.2, -0.15) is 0 Å². The summed E-state index contributed by atoms with van der Waals surface area (Å²) >= 11 is 3.58. The molecular weight excluding hydrogens is 284 g/mol. The normalized spacial score (nSPS) is 18.4. The minimum atomic E-state index is 0.800. The Hall–Kier alpha value is -1.08. The first-order chi connectivity index (χ1) is 8.81. The molecule has 0 fully saturated rings. The maximum Gasteiger partial charge on any atom is 0.0178 e. The van der Waals surface area contributed by atoms with Gasteiger partial charge in [0.2, 0.25) is 0 Å². The number of halogens is 1. The predicted molar refractivity (Wildman–Crippen MR) is 79.8 cm³/mol. The van der Waals surface area contributed by atoms with Crippen LogP contribution in [0.3, 0.4) is 0 Å². The first kappa shape index (κ1) is 12.0. The van der Waals surface area contributed by atoms with Crippen molar-refractivity contribution in [2.24, 2.45) is 5.92 Å². The molecule has 1 atom stereocenters. The van der Waals surface area contributed by atoms with Gasteiger partial charge in [0, 0.05) is 4.47 Å². The fourth-order valence-corrected chi connectivity index (χ4v) is 3.33. The Bertz CT molecular complexity index is 531. The van der Waals surface area contributed by atoms with Gasteiger partial charge in [-0.3, -0.25) is 0 Å². The molecule has 0 radical (unpaired) electrons. The van der Waals surface area contributed by atoms with Gasteiger partial charge in [-0.15, -0.1) is 0 Å². The van der Waals surface area contributed by atoms with E-state index in [2.05, 4.69) is 64.5 Å². The molecule has 1 aliphatic carbocycles. The smallest absolute Gasteiger partial charge is 0.0178 e. The monoisotopic (exact) mass is 300 g/mol. The number of hydrogen-bond acceptors (Lipinski definition) is 0. The third-order valence-electron chi connectivity index (χ3n) is 3.87. The van der Waals surface area contributed by atoms with E-state index in [9.17, 15) is 0 Å². The van der Waals surface area contributed by atoms with E-state index in [1.807, 2.05) is 0 Å². The maximum absolute atomic E-state index is 3.58. The van der Waals surface area contributed by atoms with Gasteiger partial charge in [-0.05, 0) is 60.4 Å². The van der Waals surface area contributed by atoms with Gasteiger partial charge in [-0.1, -0.05) is 52.3 Å². The summed E-state index contributed by atoms with van der Waals surface area (Å²) in [6.07, 6.45) is 5.00. The highest BCUT2D eigenvalue weighted by Crippen LogP contribution is 2.29. The molecule has 0 nitrogen and oxygen atoms in total. The largest absolute Gasteiger partial charge is 0.0622 e. The van der Waals surface area contributed by atoms with Crippen LogP contribution in [0.1, 0.15) is 23.1 Å². The Morgan fingerprint density at radius 1 is 1.00 bits per heavy atom. The van der Waals surface area contributed by atoms with Crippen molar-refractivity contribution in [2.45, 2.75) is 25.7 Å². The molecule has 2 aromatic rings. The molecule has 3 rings (SSSR count). The molecule has 0 spiro atoms. The molecule has 0 bridgehead atoms. The van der Waals surface area contributed by atoms with Gasteiger partial charge in [0.25, 0.3) is 0 Å². The molecule has 0 amide bonds. The molecule has 0 heterocycles. The highest BCUT2D eigenvalue weighted by molar-refractivity contribution is 9.10. The minimum absolute atomic E-state index is 0.800. The van der Waals surface area contributed by atoms with Crippen LogP contribution in [0, 0.1) is 5.92 Å². The number of fused-ring (bicyclic) bond motifs is 1. The van der Waals surface area contributed by atoms with Crippen molar-refractivity contribution in [2.75, 3.05) is 0 Å². The third-order valence-corrected chi connectivity index (χ3v) is 4.36. The van der Waals surface area contributed by atoms with Gasteiger partial charge in [0.05, 0.1) is 0 Å². The van der Waals surface area contributed by atoms with Gasteiger partial charge in [0.15, 0.2) is 0 Å². The van der Waals surface area contributed by atoms with Crippen LogP contribution in [0.2, 0.25) is 0 Å². The molecule has 2 aromatic carbocycles. The Morgan fingerprint density at radius 3 is 2.67 bits per heavy atom. The SMILES string of the molecule is Brc1ccc2c(c1)CC(Cc1ccccc1)CC2. The van der Waals surface area contributed by atoms with E-state index in [1.54, 1.807) is 5.56 Å². The molecule has 92 valence electrons. The van der Waals surface area contributed by atoms with Crippen LogP contribution in [-0.2, 0) is 19.3 Å². The van der Waals surface area contributed by atoms with Crippen LogP contribution in [0.15, 0.2) is 53.0 Å². The van der Waals surface area contributed by atoms with E-state index < -0.39 is 0 Å². The molecular formula is C17H17Br. The summed E-state index contributed by atoms with van der Waals surface area (Å²) in [6.45, 7) is 0. The van der Waals surface area contributed by atoms with E-state index in [0.717, 1.165) is 5.92 Å². The zero-order valence-electron chi connectivity index (χ0n) is 10.4. The zero-order valence-corrected chi connectivity index (χ0v) is 12.0. The van der Waals surface area contributed by atoms with Crippen LogP contribution in [0.25, 0.3) is 0 Å². The molecule has 1 unspecified atom stereocenters. The highest BCUT2D eigenvalue weighted by atomic mass is 79.9. The summed E-state index contributed by atoms with van der Waals surface area (Å²) in [7, 11) is 0. The Morgan fingerprint density at radius 2 is 1.83 bits per heavy atom. The van der Waals surface area contributed by atoms with Gasteiger partial charge < -0.3 is 0 Å². The molecule has 0 saturated carbocycles. The summed E-state index contributed by atoms with van der Waals surface area (Å²) in [5.41, 5.74) is 4.56. The number of rotatable bonds is 2. The van der Waals surface area contributed by atoms with Crippen molar-refractivity contribution < 1.29 is 0 Å². The van der Waals surface area contributed by atoms with Crippen LogP contribution in [0.4, 0.5) is 0 Å². The second kappa shape index (κ2) is 5.27. The first-order valence-corrected chi connectivity index (χ1v) is 7.42. The fourth-order valence-electron chi connectivity index (χ4n) is 2.92. The van der Waals surface area contributed by atoms with Gasteiger partial charge in [0.1, 0.15) is 0 Å². The van der Waals surface area contributed by atoms with E-state index in [-0.39, 0.29) is 0 Å². The standard InChI is InChI=1S/C17H17Br/c18-17-9-8-15-7-6-14(11-16(15)12-17)10-13-4-2-1-3-5-13/h1-5,8-9,12,14H,6-7,10-11H2. The van der Waals surface area contributed by atoms with E-state index in [4.69, 9.17) is 0 Å². The summed E-state index contributed by atoms with van der Waals surface area (Å²) < 4.78 is 1.21. The van der Waals surface area contributed by atoms with Gasteiger partial charge in [-0.25, -0.2) is 0 Å². The summed E-state index contributed by atoms with van der Waals surface area (Å²) in [4.78, 5) is 0. The number of hydrogen-bond donors (Lipinski definition) is 0. The fraction of sp³-hybridized carbons (Fsp3) is 0.294. The van der Waals surface area contributed by atoms with E-state index in [1.165, 1.54) is 41.3 Å². The summed E-state index contributed by atoms with van der Waals surface area (Å²) in [5.74, 6) is 0.800. The van der Waals surface area contributed by atoms with Crippen LogP contribution in [-0.4, -0.2) is 0 Å². The number of aryl methyl sites for hydroxylation is 1. The molecule has 0 saturated heterocycles. The lowest BCUT2D eigenvalue weighted by atomic mass is 9.81. The summed E-state index contributed by atoms with van der Waals surface area (Å²) in [5, 5.41) is 0. The average Bonchev–Trinajstić information content (AvgIpc) is 2.39. The molecule has 0 aromatic heterocycles.